The van der Waals surface area contributed by atoms with E-state index in [9.17, 15) is 9.59 Å². The second-order valence-electron chi connectivity index (χ2n) is 6.65. The molecule has 0 aromatic heterocycles. The van der Waals surface area contributed by atoms with Crippen LogP contribution in [-0.2, 0) is 9.59 Å². The van der Waals surface area contributed by atoms with Gasteiger partial charge in [-0.3, -0.25) is 19.4 Å². The maximum absolute atomic E-state index is 13.4. The third-order valence-electron chi connectivity index (χ3n) is 4.77. The molecule has 3 aromatic carbocycles. The van der Waals surface area contributed by atoms with E-state index < -0.39 is 11.8 Å². The van der Waals surface area contributed by atoms with Gasteiger partial charge in [-0.25, -0.2) is 0 Å². The molecule has 0 radical (unpaired) electrons. The minimum absolute atomic E-state index is 0.0700. The first-order valence-corrected chi connectivity index (χ1v) is 9.59. The molecule has 0 aliphatic carbocycles. The van der Waals surface area contributed by atoms with Gasteiger partial charge >= 0.3 is 0 Å². The van der Waals surface area contributed by atoms with Gasteiger partial charge in [-0.1, -0.05) is 60.7 Å². The predicted molar refractivity (Wildman–Crippen MR) is 120 cm³/mol. The molecule has 0 N–H and O–H groups in total. The van der Waals surface area contributed by atoms with E-state index in [0.717, 1.165) is 11.1 Å². The number of carbonyl (C=O) groups excluding carboxylic acids is 2. The summed E-state index contributed by atoms with van der Waals surface area (Å²) in [6.45, 7) is 1.94. The van der Waals surface area contributed by atoms with Crippen molar-refractivity contribution < 1.29 is 9.59 Å². The van der Waals surface area contributed by atoms with Crippen LogP contribution in [0.1, 0.15) is 11.1 Å². The second-order valence-corrected chi connectivity index (χ2v) is 7.01. The Bertz CT molecular complexity index is 1060. The van der Waals surface area contributed by atoms with Crippen molar-refractivity contribution in [2.75, 3.05) is 9.80 Å². The van der Waals surface area contributed by atoms with E-state index in [-0.39, 0.29) is 10.7 Å². The molecule has 29 heavy (non-hydrogen) atoms. The molecule has 5 heteroatoms. The first-order chi connectivity index (χ1) is 14.1. The number of para-hydroxylation sites is 2. The molecule has 0 saturated carbocycles. The Kier molecular flexibility index (Phi) is 5.06. The van der Waals surface area contributed by atoms with Gasteiger partial charge in [0.15, 0.2) is 5.11 Å². The van der Waals surface area contributed by atoms with Crippen LogP contribution in [0.25, 0.3) is 6.08 Å². The molecule has 1 aliphatic heterocycles. The second kappa shape index (κ2) is 7.81. The van der Waals surface area contributed by atoms with Crippen molar-refractivity contribution in [1.29, 1.82) is 0 Å². The number of anilines is 2. The van der Waals surface area contributed by atoms with Gasteiger partial charge in [0.2, 0.25) is 0 Å². The van der Waals surface area contributed by atoms with Crippen LogP contribution >= 0.6 is 12.2 Å². The molecular weight excluding hydrogens is 380 g/mol. The zero-order chi connectivity index (χ0) is 20.4. The van der Waals surface area contributed by atoms with Crippen molar-refractivity contribution in [2.45, 2.75) is 6.92 Å². The summed E-state index contributed by atoms with van der Waals surface area (Å²) in [5.74, 6) is -0.858. The van der Waals surface area contributed by atoms with Crippen molar-refractivity contribution in [3.05, 3.63) is 102 Å². The van der Waals surface area contributed by atoms with Gasteiger partial charge < -0.3 is 0 Å². The summed E-state index contributed by atoms with van der Waals surface area (Å²) in [7, 11) is 0. The number of carbonyl (C=O) groups is 2. The lowest BCUT2D eigenvalue weighted by Gasteiger charge is -2.36. The summed E-state index contributed by atoms with van der Waals surface area (Å²) in [6.07, 6.45) is 1.65. The summed E-state index contributed by atoms with van der Waals surface area (Å²) >= 11 is 5.59. The number of rotatable bonds is 3. The average molecular weight is 398 g/mol. The number of benzene rings is 3. The van der Waals surface area contributed by atoms with Crippen LogP contribution in [0.2, 0.25) is 0 Å². The molecule has 3 aromatic rings. The van der Waals surface area contributed by atoms with Crippen LogP contribution in [0.3, 0.4) is 0 Å². The van der Waals surface area contributed by atoms with E-state index in [1.165, 1.54) is 9.80 Å². The van der Waals surface area contributed by atoms with Crippen molar-refractivity contribution >= 4 is 46.6 Å². The quantitative estimate of drug-likeness (QED) is 0.363. The van der Waals surface area contributed by atoms with Gasteiger partial charge in [-0.15, -0.1) is 0 Å². The molecule has 4 nitrogen and oxygen atoms in total. The first-order valence-electron chi connectivity index (χ1n) is 9.18. The summed E-state index contributed by atoms with van der Waals surface area (Å²) in [4.78, 5) is 29.5. The SMILES string of the molecule is Cc1ccccc1C=C1C(=O)N(c2ccccc2)C(=S)N(c2ccccc2)C1=O. The first kappa shape index (κ1) is 18.8. The Balaban J connectivity index is 1.89. The maximum atomic E-state index is 13.4. The molecule has 1 aliphatic rings. The van der Waals surface area contributed by atoms with E-state index in [2.05, 4.69) is 0 Å². The van der Waals surface area contributed by atoms with Crippen molar-refractivity contribution in [3.8, 4) is 0 Å². The lowest BCUT2D eigenvalue weighted by molar-refractivity contribution is -0.120. The monoisotopic (exact) mass is 398 g/mol. The van der Waals surface area contributed by atoms with Gasteiger partial charge in [0.05, 0.1) is 11.4 Å². The van der Waals surface area contributed by atoms with Crippen LogP contribution in [0.4, 0.5) is 11.4 Å². The third-order valence-corrected chi connectivity index (χ3v) is 5.13. The van der Waals surface area contributed by atoms with E-state index >= 15 is 0 Å². The summed E-state index contributed by atoms with van der Waals surface area (Å²) in [5, 5.41) is 0.138. The Morgan fingerprint density at radius 3 is 1.62 bits per heavy atom. The van der Waals surface area contributed by atoms with Gasteiger partial charge in [0, 0.05) is 0 Å². The standard InChI is InChI=1S/C24H18N2O2S/c1-17-10-8-9-11-18(17)16-21-22(27)25(19-12-4-2-5-13-19)24(29)26(23(21)28)20-14-6-3-7-15-20/h2-16H,1H3. The Labute approximate surface area is 174 Å². The number of aryl methyl sites for hydroxylation is 1. The normalized spacial score (nSPS) is 14.4. The molecule has 1 heterocycles. The zero-order valence-electron chi connectivity index (χ0n) is 15.8. The van der Waals surface area contributed by atoms with Crippen LogP contribution < -0.4 is 9.80 Å². The summed E-state index contributed by atoms with van der Waals surface area (Å²) < 4.78 is 0. The molecule has 2 amide bonds. The molecule has 0 bridgehead atoms. The minimum atomic E-state index is -0.429. The van der Waals surface area contributed by atoms with Crippen LogP contribution in [0.5, 0.6) is 0 Å². The van der Waals surface area contributed by atoms with E-state index in [1.807, 2.05) is 67.6 Å². The van der Waals surface area contributed by atoms with Crippen molar-refractivity contribution in [2.24, 2.45) is 0 Å². The molecular formula is C24H18N2O2S. The number of hydrogen-bond donors (Lipinski definition) is 0. The highest BCUT2D eigenvalue weighted by Crippen LogP contribution is 2.29. The van der Waals surface area contributed by atoms with Gasteiger partial charge in [0.25, 0.3) is 11.8 Å². The Morgan fingerprint density at radius 1 is 0.690 bits per heavy atom. The molecule has 0 unspecified atom stereocenters. The maximum Gasteiger partial charge on any atom is 0.270 e. The Morgan fingerprint density at radius 2 is 1.14 bits per heavy atom. The zero-order valence-corrected chi connectivity index (χ0v) is 16.6. The highest BCUT2D eigenvalue weighted by molar-refractivity contribution is 7.81. The fourth-order valence-electron chi connectivity index (χ4n) is 3.24. The number of thiocarbonyl (C=S) groups is 1. The smallest absolute Gasteiger partial charge is 0.268 e. The van der Waals surface area contributed by atoms with E-state index in [1.54, 1.807) is 30.3 Å². The molecule has 1 saturated heterocycles. The number of hydrogen-bond acceptors (Lipinski definition) is 3. The molecule has 142 valence electrons. The van der Waals surface area contributed by atoms with Crippen molar-refractivity contribution in [1.82, 2.24) is 0 Å². The largest absolute Gasteiger partial charge is 0.270 e. The molecule has 1 fully saturated rings. The average Bonchev–Trinajstić information content (AvgIpc) is 2.74. The van der Waals surface area contributed by atoms with Crippen LogP contribution in [0, 0.1) is 6.92 Å². The summed E-state index contributed by atoms with van der Waals surface area (Å²) in [6, 6.07) is 25.9. The predicted octanol–water partition coefficient (Wildman–Crippen LogP) is 4.74. The summed E-state index contributed by atoms with van der Waals surface area (Å²) in [5.41, 5.74) is 3.10. The fourth-order valence-corrected chi connectivity index (χ4v) is 3.62. The van der Waals surface area contributed by atoms with Crippen LogP contribution in [-0.4, -0.2) is 16.9 Å². The molecule has 0 spiro atoms. The topological polar surface area (TPSA) is 40.6 Å². The van der Waals surface area contributed by atoms with Gasteiger partial charge in [0.1, 0.15) is 5.57 Å². The van der Waals surface area contributed by atoms with Crippen molar-refractivity contribution in [3.63, 3.8) is 0 Å². The lowest BCUT2D eigenvalue weighted by atomic mass is 10.0. The Hall–Kier alpha value is -3.57. The lowest BCUT2D eigenvalue weighted by Crippen LogP contribution is -2.56. The van der Waals surface area contributed by atoms with E-state index in [4.69, 9.17) is 12.2 Å². The highest BCUT2D eigenvalue weighted by atomic mass is 32.1. The van der Waals surface area contributed by atoms with Gasteiger partial charge in [-0.05, 0) is 60.6 Å². The molecule has 4 rings (SSSR count). The van der Waals surface area contributed by atoms with Crippen LogP contribution in [0.15, 0.2) is 90.5 Å². The third kappa shape index (κ3) is 3.48. The van der Waals surface area contributed by atoms with E-state index in [0.29, 0.717) is 11.4 Å². The highest BCUT2D eigenvalue weighted by Gasteiger charge is 2.41. The fraction of sp³-hybridized carbons (Fsp3) is 0.0417. The number of nitrogens with zero attached hydrogens (tertiary/aromatic N) is 2. The van der Waals surface area contributed by atoms with Gasteiger partial charge in [-0.2, -0.15) is 0 Å². The number of amides is 2. The molecule has 0 atom stereocenters. The minimum Gasteiger partial charge on any atom is -0.268 e.